The molecule has 22 heavy (non-hydrogen) atoms. The van der Waals surface area contributed by atoms with Crippen molar-refractivity contribution in [2.24, 2.45) is 0 Å². The summed E-state index contributed by atoms with van der Waals surface area (Å²) in [4.78, 5) is 0. The first-order valence-corrected chi connectivity index (χ1v) is 5.71. The minimum Gasteiger partial charge on any atom is -0.374 e. The molecule has 0 heterocycles. The van der Waals surface area contributed by atoms with Gasteiger partial charge in [-0.2, -0.15) is 39.5 Å². The lowest BCUT2D eigenvalue weighted by Crippen LogP contribution is -2.46. The lowest BCUT2D eigenvalue weighted by Gasteiger charge is -2.27. The Kier molecular flexibility index (Phi) is 7.03. The Morgan fingerprint density at radius 1 is 0.545 bits per heavy atom. The molecule has 3 unspecified atom stereocenters. The number of rotatable bonds is 6. The van der Waals surface area contributed by atoms with Crippen molar-refractivity contribution in [3.63, 3.8) is 0 Å². The Labute approximate surface area is 119 Å². The van der Waals surface area contributed by atoms with E-state index in [2.05, 4.69) is 14.0 Å². The highest BCUT2D eigenvalue weighted by Crippen LogP contribution is 2.29. The summed E-state index contributed by atoms with van der Waals surface area (Å²) in [6.45, 7) is 1.16. The van der Waals surface area contributed by atoms with Crippen LogP contribution in [0.1, 0.15) is 20.8 Å². The summed E-state index contributed by atoms with van der Waals surface area (Å²) in [5.41, 5.74) is 0. The normalized spacial score (nSPS) is 18.0. The highest BCUT2D eigenvalue weighted by molar-refractivity contribution is 6.36. The zero-order valence-corrected chi connectivity index (χ0v) is 11.4. The van der Waals surface area contributed by atoms with Gasteiger partial charge in [-0.25, -0.2) is 0 Å². The molecule has 0 saturated heterocycles. The average molecular weight is 350 g/mol. The number of halogens is 9. The van der Waals surface area contributed by atoms with Crippen molar-refractivity contribution in [1.29, 1.82) is 0 Å². The van der Waals surface area contributed by atoms with Crippen LogP contribution in [0.2, 0.25) is 0 Å². The summed E-state index contributed by atoms with van der Waals surface area (Å²) in [5.74, 6) is 0. The highest BCUT2D eigenvalue weighted by Gasteiger charge is 2.48. The molecule has 0 aliphatic heterocycles. The number of hydrogen-bond donors (Lipinski definition) is 0. The van der Waals surface area contributed by atoms with Gasteiger partial charge in [0.05, 0.1) is 0 Å². The van der Waals surface area contributed by atoms with Crippen molar-refractivity contribution in [2.45, 2.75) is 57.6 Å². The van der Waals surface area contributed by atoms with E-state index in [1.54, 1.807) is 0 Å². The van der Waals surface area contributed by atoms with Gasteiger partial charge in [0, 0.05) is 0 Å². The highest BCUT2D eigenvalue weighted by atomic mass is 19.4. The summed E-state index contributed by atoms with van der Waals surface area (Å²) in [5, 5.41) is 0. The topological polar surface area (TPSA) is 27.7 Å². The van der Waals surface area contributed by atoms with Gasteiger partial charge in [0.1, 0.15) is 18.3 Å². The molecule has 0 saturated carbocycles. The molecule has 0 bridgehead atoms. The lowest BCUT2D eigenvalue weighted by atomic mass is 10.1. The first-order chi connectivity index (χ1) is 9.55. The smallest absolute Gasteiger partial charge is 0.374 e. The first kappa shape index (κ1) is 21.3. The van der Waals surface area contributed by atoms with Crippen LogP contribution >= 0.6 is 0 Å². The molecule has 0 aromatic heterocycles. The molecule has 3 atom stereocenters. The first-order valence-electron chi connectivity index (χ1n) is 5.71. The van der Waals surface area contributed by atoms with Crippen molar-refractivity contribution in [1.82, 2.24) is 0 Å². The summed E-state index contributed by atoms with van der Waals surface area (Å²) in [7, 11) is -2.80. The van der Waals surface area contributed by atoms with E-state index >= 15 is 0 Å². The van der Waals surface area contributed by atoms with E-state index in [1.165, 1.54) is 0 Å². The molecule has 0 N–H and O–H groups in total. The lowest BCUT2D eigenvalue weighted by molar-refractivity contribution is -0.231. The monoisotopic (exact) mass is 350 g/mol. The molecule has 0 aromatic rings. The van der Waals surface area contributed by atoms with Crippen LogP contribution in [0.4, 0.5) is 39.5 Å². The van der Waals surface area contributed by atoms with Gasteiger partial charge in [-0.1, -0.05) is 0 Å². The maximum atomic E-state index is 12.3. The van der Waals surface area contributed by atoms with Crippen LogP contribution < -0.4 is 0 Å². The van der Waals surface area contributed by atoms with Crippen LogP contribution in [0.3, 0.4) is 0 Å². The van der Waals surface area contributed by atoms with Gasteiger partial charge in [0.2, 0.25) is 0 Å². The van der Waals surface area contributed by atoms with Gasteiger partial charge < -0.3 is 14.0 Å². The zero-order chi connectivity index (χ0) is 17.9. The standard InChI is InChI=1S/C9H12BF9O3/c1-4(7(11,12)13)20-10(21-5(2)8(14,15)16)22-6(3)9(17,18)19/h4-6H,1-3H3. The number of hydrogen-bond acceptors (Lipinski definition) is 3. The summed E-state index contributed by atoms with van der Waals surface area (Å²) < 4.78 is 122. The van der Waals surface area contributed by atoms with Crippen molar-refractivity contribution in [3.8, 4) is 0 Å². The summed E-state index contributed by atoms with van der Waals surface area (Å²) in [6.07, 6.45) is -23.1. The Morgan fingerprint density at radius 3 is 0.864 bits per heavy atom. The van der Waals surface area contributed by atoms with Gasteiger partial charge in [-0.05, 0) is 20.8 Å². The van der Waals surface area contributed by atoms with Gasteiger partial charge in [-0.15, -0.1) is 0 Å². The molecule has 0 rings (SSSR count). The van der Waals surface area contributed by atoms with E-state index in [1.807, 2.05) is 0 Å². The van der Waals surface area contributed by atoms with E-state index in [4.69, 9.17) is 0 Å². The molecule has 0 aromatic carbocycles. The van der Waals surface area contributed by atoms with Gasteiger partial charge in [0.25, 0.3) is 0 Å². The molecule has 0 radical (unpaired) electrons. The van der Waals surface area contributed by atoms with E-state index in [-0.39, 0.29) is 0 Å². The van der Waals surface area contributed by atoms with E-state index in [9.17, 15) is 39.5 Å². The van der Waals surface area contributed by atoms with Crippen LogP contribution in [0.15, 0.2) is 0 Å². The van der Waals surface area contributed by atoms with Crippen LogP contribution in [0, 0.1) is 0 Å². The Balaban J connectivity index is 5.00. The third-order valence-electron chi connectivity index (χ3n) is 2.33. The maximum Gasteiger partial charge on any atom is 0.640 e. The molecular weight excluding hydrogens is 338 g/mol. The molecule has 0 fully saturated rings. The molecule has 132 valence electrons. The largest absolute Gasteiger partial charge is 0.640 e. The summed E-state index contributed by atoms with van der Waals surface area (Å²) in [6, 6.07) is 0. The quantitative estimate of drug-likeness (QED) is 0.538. The van der Waals surface area contributed by atoms with Gasteiger partial charge in [-0.3, -0.25) is 0 Å². The molecule has 0 aliphatic rings. The van der Waals surface area contributed by atoms with E-state index in [0.29, 0.717) is 20.8 Å². The molecule has 0 aliphatic carbocycles. The van der Waals surface area contributed by atoms with Crippen LogP contribution in [0.5, 0.6) is 0 Å². The Hall–Kier alpha value is -0.685. The maximum absolute atomic E-state index is 12.3. The predicted molar refractivity (Wildman–Crippen MR) is 55.6 cm³/mol. The fourth-order valence-electron chi connectivity index (χ4n) is 0.828. The van der Waals surface area contributed by atoms with Gasteiger partial charge in [0.15, 0.2) is 0 Å². The molecular formula is C9H12BF9O3. The second kappa shape index (κ2) is 7.26. The second-order valence-corrected chi connectivity index (χ2v) is 4.25. The van der Waals surface area contributed by atoms with Crippen molar-refractivity contribution in [2.75, 3.05) is 0 Å². The number of alkyl halides is 9. The zero-order valence-electron chi connectivity index (χ0n) is 11.4. The molecule has 13 heteroatoms. The van der Waals surface area contributed by atoms with Crippen molar-refractivity contribution >= 4 is 7.32 Å². The predicted octanol–water partition coefficient (Wildman–Crippen LogP) is 3.87. The fourth-order valence-corrected chi connectivity index (χ4v) is 0.828. The second-order valence-electron chi connectivity index (χ2n) is 4.25. The molecule has 0 amide bonds. The minimum atomic E-state index is -5.02. The third kappa shape index (κ3) is 7.54. The summed E-state index contributed by atoms with van der Waals surface area (Å²) >= 11 is 0. The fraction of sp³-hybridized carbons (Fsp3) is 1.00. The average Bonchev–Trinajstić information content (AvgIpc) is 2.24. The Bertz CT molecular complexity index is 288. The van der Waals surface area contributed by atoms with E-state index < -0.39 is 44.2 Å². The minimum absolute atomic E-state index is 0.385. The van der Waals surface area contributed by atoms with Crippen molar-refractivity contribution in [3.05, 3.63) is 0 Å². The van der Waals surface area contributed by atoms with Crippen LogP contribution in [0.25, 0.3) is 0 Å². The third-order valence-corrected chi connectivity index (χ3v) is 2.33. The molecule has 0 spiro atoms. The van der Waals surface area contributed by atoms with Crippen LogP contribution in [-0.2, 0) is 14.0 Å². The van der Waals surface area contributed by atoms with Gasteiger partial charge >= 0.3 is 25.9 Å². The Morgan fingerprint density at radius 2 is 0.727 bits per heavy atom. The van der Waals surface area contributed by atoms with E-state index in [0.717, 1.165) is 0 Å². The van der Waals surface area contributed by atoms with Crippen molar-refractivity contribution < 1.29 is 53.5 Å². The SMILES string of the molecule is CC(OB(OC(C)C(F)(F)F)OC(C)C(F)(F)F)C(F)(F)F. The molecule has 3 nitrogen and oxygen atoms in total. The van der Waals surface area contributed by atoms with Crippen LogP contribution in [-0.4, -0.2) is 44.2 Å².